The minimum Gasteiger partial charge on any atom is -0.478 e. The van der Waals surface area contributed by atoms with Crippen LogP contribution < -0.4 is 0 Å². The van der Waals surface area contributed by atoms with E-state index in [0.29, 0.717) is 12.8 Å². The molecule has 0 amide bonds. The van der Waals surface area contributed by atoms with E-state index in [9.17, 15) is 29.1 Å². The molecule has 3 aliphatic carbocycles. The summed E-state index contributed by atoms with van der Waals surface area (Å²) in [7, 11) is 0. The van der Waals surface area contributed by atoms with Gasteiger partial charge in [0.25, 0.3) is 0 Å². The average Bonchev–Trinajstić information content (AvgIpc) is 2.85. The topological polar surface area (TPSA) is 164 Å². The fraction of sp³-hybridized carbons (Fsp3) is 0.483. The minimum absolute atomic E-state index is 0.314. The molecule has 3 rings (SSSR count). The predicted octanol–water partition coefficient (Wildman–Crippen LogP) is 2.84. The number of aliphatic hydroxyl groups excluding tert-OH is 1. The van der Waals surface area contributed by atoms with Crippen LogP contribution in [0.4, 0.5) is 0 Å². The van der Waals surface area contributed by atoms with Crippen LogP contribution in [0.2, 0.25) is 0 Å². The number of carboxylic acid groups (broad SMARTS) is 2. The quantitative estimate of drug-likeness (QED) is 0.104. The Hall–Kier alpha value is -3.79. The molecule has 10 heteroatoms. The Bertz CT molecular complexity index is 1160. The third-order valence-corrected chi connectivity index (χ3v) is 8.31. The van der Waals surface area contributed by atoms with Crippen LogP contribution in [0, 0.1) is 40.9 Å². The molecule has 0 aromatic heterocycles. The molecular weight excluding hydrogens is 508 g/mol. The molecule has 0 heterocycles. The fourth-order valence-corrected chi connectivity index (χ4v) is 6.25. The summed E-state index contributed by atoms with van der Waals surface area (Å²) in [5.74, 6) is -8.97. The molecule has 0 spiro atoms. The largest absolute Gasteiger partial charge is 0.478 e. The Labute approximate surface area is 226 Å². The number of carbonyl (C=O) groups is 5. The number of carbonyl (C=O) groups excluding carboxylic acids is 3. The second-order valence-corrected chi connectivity index (χ2v) is 10.5. The number of ether oxygens (including phenoxy) is 2. The number of aliphatic hydroxyl groups is 1. The third-order valence-electron chi connectivity index (χ3n) is 8.31. The number of Topliss-reactive ketones (excluding diaryl/α,β-unsaturated/α-hetero) is 1. The number of allylic oxidation sites excluding steroid dienone is 6. The van der Waals surface area contributed by atoms with E-state index in [-0.39, 0.29) is 11.8 Å². The predicted molar refractivity (Wildman–Crippen MR) is 138 cm³/mol. The summed E-state index contributed by atoms with van der Waals surface area (Å²) in [4.78, 5) is 61.1. The first kappa shape index (κ1) is 29.8. The number of fused-ring (bicyclic) bond motifs is 3. The van der Waals surface area contributed by atoms with Gasteiger partial charge < -0.3 is 24.8 Å². The fourth-order valence-electron chi connectivity index (χ4n) is 6.25. The molecule has 2 fully saturated rings. The number of hydrogen-bond acceptors (Lipinski definition) is 8. The second-order valence-electron chi connectivity index (χ2n) is 10.5. The lowest BCUT2D eigenvalue weighted by molar-refractivity contribution is -0.175. The Morgan fingerprint density at radius 3 is 2.36 bits per heavy atom. The maximum Gasteiger partial charge on any atom is 0.371 e. The lowest BCUT2D eigenvalue weighted by atomic mass is 9.47. The van der Waals surface area contributed by atoms with E-state index in [1.54, 1.807) is 32.1 Å². The Morgan fingerprint density at radius 1 is 1.08 bits per heavy atom. The van der Waals surface area contributed by atoms with Crippen molar-refractivity contribution in [2.24, 2.45) is 40.9 Å². The van der Waals surface area contributed by atoms with Crippen LogP contribution >= 0.6 is 0 Å². The maximum atomic E-state index is 14.2. The van der Waals surface area contributed by atoms with Crippen molar-refractivity contribution >= 4 is 29.7 Å². The van der Waals surface area contributed by atoms with Crippen LogP contribution in [0.1, 0.15) is 33.6 Å². The number of carboxylic acids is 2. The first-order valence-electron chi connectivity index (χ1n) is 12.7. The molecule has 0 bridgehead atoms. The zero-order chi connectivity index (χ0) is 29.1. The molecule has 0 saturated heterocycles. The van der Waals surface area contributed by atoms with Crippen LogP contribution in [0.5, 0.6) is 0 Å². The van der Waals surface area contributed by atoms with E-state index in [2.05, 4.69) is 6.58 Å². The van der Waals surface area contributed by atoms with Gasteiger partial charge in [-0.05, 0) is 37.2 Å². The summed E-state index contributed by atoms with van der Waals surface area (Å²) >= 11 is 0. The standard InChI is InChI=1S/C29H34O10/c1-15-22(39-17(3)30)14-21-20(25(15)33)12-11-19-13-18(9-7-5-6-8-10-23(31)32)24(26(34)29(19,21)4)28(37)38-16(2)27(35)36/h5-12,15,18-22,24-25,33H,2,13-14H2,1,3-4H3,(H,31,32)(H,35,36)/b6-5+,9-7+,10-8+/t15-,18+,19-,20+,21-,22+,24-,25+,29-/m0/s1. The lowest BCUT2D eigenvalue weighted by Crippen LogP contribution is -2.61. The molecule has 2 saturated carbocycles. The average molecular weight is 543 g/mol. The van der Waals surface area contributed by atoms with Crippen molar-refractivity contribution in [3.63, 3.8) is 0 Å². The highest BCUT2D eigenvalue weighted by Crippen LogP contribution is 2.58. The van der Waals surface area contributed by atoms with Crippen molar-refractivity contribution in [3.05, 3.63) is 60.9 Å². The van der Waals surface area contributed by atoms with Gasteiger partial charge in [0, 0.05) is 30.3 Å². The Balaban J connectivity index is 1.99. The zero-order valence-electron chi connectivity index (χ0n) is 22.1. The molecule has 0 aromatic rings. The molecule has 39 heavy (non-hydrogen) atoms. The Morgan fingerprint density at radius 2 is 1.74 bits per heavy atom. The molecule has 0 radical (unpaired) electrons. The molecular formula is C29H34O10. The van der Waals surface area contributed by atoms with Crippen molar-refractivity contribution in [3.8, 4) is 0 Å². The molecule has 0 unspecified atom stereocenters. The van der Waals surface area contributed by atoms with Gasteiger partial charge in [-0.1, -0.05) is 56.4 Å². The third kappa shape index (κ3) is 6.11. The van der Waals surface area contributed by atoms with Crippen molar-refractivity contribution in [1.82, 2.24) is 0 Å². The first-order valence-corrected chi connectivity index (χ1v) is 12.7. The molecule has 0 aliphatic heterocycles. The summed E-state index contributed by atoms with van der Waals surface area (Å²) in [6.07, 6.45) is 11.5. The van der Waals surface area contributed by atoms with Gasteiger partial charge in [0.15, 0.2) is 5.78 Å². The van der Waals surface area contributed by atoms with Crippen molar-refractivity contribution in [2.45, 2.75) is 45.8 Å². The first-order chi connectivity index (χ1) is 18.3. The molecule has 3 N–H and O–H groups in total. The normalized spacial score (nSPS) is 35.9. The van der Waals surface area contributed by atoms with Gasteiger partial charge in [0.1, 0.15) is 12.0 Å². The lowest BCUT2D eigenvalue weighted by Gasteiger charge is -2.56. The van der Waals surface area contributed by atoms with Gasteiger partial charge in [-0.2, -0.15) is 0 Å². The van der Waals surface area contributed by atoms with E-state index in [1.807, 2.05) is 12.2 Å². The highest BCUT2D eigenvalue weighted by Gasteiger charge is 2.62. The van der Waals surface area contributed by atoms with Gasteiger partial charge >= 0.3 is 23.9 Å². The molecule has 3 aliphatic rings. The minimum atomic E-state index is -1.54. The smallest absolute Gasteiger partial charge is 0.371 e. The van der Waals surface area contributed by atoms with Gasteiger partial charge in [0.2, 0.25) is 5.76 Å². The van der Waals surface area contributed by atoms with Crippen LogP contribution in [0.25, 0.3) is 0 Å². The monoisotopic (exact) mass is 542 g/mol. The summed E-state index contributed by atoms with van der Waals surface area (Å²) in [5, 5.41) is 28.9. The highest BCUT2D eigenvalue weighted by atomic mass is 16.6. The summed E-state index contributed by atoms with van der Waals surface area (Å²) < 4.78 is 10.5. The van der Waals surface area contributed by atoms with Gasteiger partial charge in [-0.15, -0.1) is 0 Å². The van der Waals surface area contributed by atoms with Crippen LogP contribution in [-0.2, 0) is 33.4 Å². The van der Waals surface area contributed by atoms with Crippen molar-refractivity contribution in [2.75, 3.05) is 0 Å². The van der Waals surface area contributed by atoms with Crippen LogP contribution in [0.3, 0.4) is 0 Å². The number of esters is 2. The summed E-state index contributed by atoms with van der Waals surface area (Å²) in [6.45, 7) is 8.06. The molecule has 210 valence electrons. The van der Waals surface area contributed by atoms with Crippen LogP contribution in [-0.4, -0.2) is 57.2 Å². The number of rotatable bonds is 8. The van der Waals surface area contributed by atoms with Gasteiger partial charge in [0.05, 0.1) is 6.10 Å². The van der Waals surface area contributed by atoms with Gasteiger partial charge in [-0.25, -0.2) is 9.59 Å². The number of hydrogen-bond donors (Lipinski definition) is 3. The van der Waals surface area contributed by atoms with E-state index < -0.39 is 76.7 Å². The highest BCUT2D eigenvalue weighted by molar-refractivity contribution is 6.05. The SMILES string of the molecule is C=C(OC(=O)[C@@H]1C(=O)[C@@]2(C)[C@@H](C=C[C@H]3[C@H](O)[C@@H](C)[C@H](OC(C)=O)C[C@@H]32)C[C@H]1/C=C/C=C/C=C/C(=O)O)C(=O)O. The van der Waals surface area contributed by atoms with Crippen LogP contribution in [0.15, 0.2) is 60.9 Å². The van der Waals surface area contributed by atoms with Crippen molar-refractivity contribution in [1.29, 1.82) is 0 Å². The molecule has 10 nitrogen and oxygen atoms in total. The Kier molecular flexibility index (Phi) is 9.11. The van der Waals surface area contributed by atoms with E-state index in [1.165, 1.54) is 19.1 Å². The number of aliphatic carboxylic acids is 2. The second kappa shape index (κ2) is 11.9. The van der Waals surface area contributed by atoms with Crippen molar-refractivity contribution < 1.29 is 48.8 Å². The number of ketones is 1. The zero-order valence-corrected chi connectivity index (χ0v) is 22.1. The summed E-state index contributed by atoms with van der Waals surface area (Å²) in [5.41, 5.74) is -1.13. The van der Waals surface area contributed by atoms with E-state index in [4.69, 9.17) is 19.7 Å². The maximum absolute atomic E-state index is 14.2. The molecule has 9 atom stereocenters. The summed E-state index contributed by atoms with van der Waals surface area (Å²) in [6, 6.07) is 0. The van der Waals surface area contributed by atoms with Gasteiger partial charge in [-0.3, -0.25) is 14.4 Å². The molecule has 0 aromatic carbocycles. The van der Waals surface area contributed by atoms with E-state index >= 15 is 0 Å². The van der Waals surface area contributed by atoms with E-state index in [0.717, 1.165) is 6.08 Å².